The molecule has 0 aliphatic heterocycles. The van der Waals surface area contributed by atoms with Crippen LogP contribution in [0.5, 0.6) is 0 Å². The van der Waals surface area contributed by atoms with Gasteiger partial charge in [0.2, 0.25) is 0 Å². The lowest BCUT2D eigenvalue weighted by molar-refractivity contribution is 0.0723. The Morgan fingerprint density at radius 1 is 1.19 bits per heavy atom. The molecule has 2 aromatic carbocycles. The van der Waals surface area contributed by atoms with Crippen molar-refractivity contribution in [3.8, 4) is 10.6 Å². The summed E-state index contributed by atoms with van der Waals surface area (Å²) in [5, 5.41) is 2.62. The third kappa shape index (κ3) is 3.87. The van der Waals surface area contributed by atoms with Gasteiger partial charge in [0.05, 0.1) is 6.54 Å². The molecule has 3 aromatic rings. The van der Waals surface area contributed by atoms with Gasteiger partial charge in [-0.2, -0.15) is 0 Å². The van der Waals surface area contributed by atoms with Crippen molar-refractivity contribution in [2.75, 3.05) is 0 Å². The summed E-state index contributed by atoms with van der Waals surface area (Å²) in [7, 11) is 0. The highest BCUT2D eigenvalue weighted by Gasteiger charge is 2.35. The summed E-state index contributed by atoms with van der Waals surface area (Å²) >= 11 is 7.44. The fourth-order valence-electron chi connectivity index (χ4n) is 2.85. The fourth-order valence-corrected chi connectivity index (χ4v) is 3.87. The lowest BCUT2D eigenvalue weighted by Gasteiger charge is -2.22. The Morgan fingerprint density at radius 3 is 2.59 bits per heavy atom. The zero-order valence-corrected chi connectivity index (χ0v) is 15.7. The van der Waals surface area contributed by atoms with Gasteiger partial charge in [0.15, 0.2) is 0 Å². The maximum absolute atomic E-state index is 14.2. The number of rotatable bonds is 5. The van der Waals surface area contributed by atoms with Crippen LogP contribution in [0.25, 0.3) is 10.6 Å². The molecule has 3 nitrogen and oxygen atoms in total. The maximum atomic E-state index is 14.2. The van der Waals surface area contributed by atoms with Gasteiger partial charge < -0.3 is 4.90 Å². The molecule has 1 aromatic heterocycles. The van der Waals surface area contributed by atoms with Crippen molar-refractivity contribution in [1.29, 1.82) is 0 Å². The first-order valence-electron chi connectivity index (χ1n) is 8.48. The summed E-state index contributed by atoms with van der Waals surface area (Å²) in [5.74, 6) is -0.999. The van der Waals surface area contributed by atoms with E-state index in [9.17, 15) is 13.6 Å². The Kier molecular flexibility index (Phi) is 4.93. The van der Waals surface area contributed by atoms with Crippen molar-refractivity contribution in [3.05, 3.63) is 75.8 Å². The Hall–Kier alpha value is -2.31. The van der Waals surface area contributed by atoms with Crippen molar-refractivity contribution in [1.82, 2.24) is 9.88 Å². The fraction of sp³-hybridized carbons (Fsp3) is 0.200. The minimum Gasteiger partial charge on any atom is -0.330 e. The van der Waals surface area contributed by atoms with E-state index < -0.39 is 5.82 Å². The van der Waals surface area contributed by atoms with E-state index in [-0.39, 0.29) is 24.3 Å². The van der Waals surface area contributed by atoms with Gasteiger partial charge in [0, 0.05) is 27.6 Å². The molecule has 4 rings (SSSR count). The SMILES string of the molecule is O=C(c1csc(-c2ccc(F)cc2)n1)N(Cc1c(F)cccc1Cl)C1CC1. The standard InChI is InChI=1S/C20H15ClF2N2OS/c21-16-2-1-3-17(23)15(16)10-25(14-8-9-14)20(26)18-11-27-19(24-18)12-4-6-13(22)7-5-12/h1-7,11,14H,8-10H2. The minimum absolute atomic E-state index is 0.0733. The number of amides is 1. The van der Waals surface area contributed by atoms with Crippen molar-refractivity contribution < 1.29 is 13.6 Å². The van der Waals surface area contributed by atoms with E-state index in [0.29, 0.717) is 21.3 Å². The first kappa shape index (κ1) is 18.1. The molecule has 1 amide bonds. The van der Waals surface area contributed by atoms with Crippen LogP contribution in [0.4, 0.5) is 8.78 Å². The molecule has 0 N–H and O–H groups in total. The summed E-state index contributed by atoms with van der Waals surface area (Å²) in [4.78, 5) is 19.0. The number of benzene rings is 2. The molecule has 1 aliphatic carbocycles. The third-order valence-corrected chi connectivity index (χ3v) is 5.70. The molecular formula is C20H15ClF2N2OS. The average Bonchev–Trinajstić information content (AvgIpc) is 3.37. The second-order valence-corrected chi connectivity index (χ2v) is 7.67. The van der Waals surface area contributed by atoms with Gasteiger partial charge in [-0.15, -0.1) is 11.3 Å². The van der Waals surface area contributed by atoms with Crippen LogP contribution in [-0.2, 0) is 6.54 Å². The molecule has 0 unspecified atom stereocenters. The molecular weight excluding hydrogens is 390 g/mol. The first-order chi connectivity index (χ1) is 13.0. The molecule has 1 fully saturated rings. The molecule has 0 spiro atoms. The second kappa shape index (κ2) is 7.37. The van der Waals surface area contributed by atoms with Crippen LogP contribution in [-0.4, -0.2) is 21.8 Å². The highest BCUT2D eigenvalue weighted by molar-refractivity contribution is 7.13. The molecule has 0 saturated heterocycles. The first-order valence-corrected chi connectivity index (χ1v) is 9.74. The third-order valence-electron chi connectivity index (χ3n) is 4.45. The van der Waals surface area contributed by atoms with Gasteiger partial charge >= 0.3 is 0 Å². The Balaban J connectivity index is 1.59. The van der Waals surface area contributed by atoms with Crippen LogP contribution >= 0.6 is 22.9 Å². The second-order valence-electron chi connectivity index (χ2n) is 6.41. The van der Waals surface area contributed by atoms with E-state index in [1.165, 1.54) is 29.5 Å². The number of carbonyl (C=O) groups is 1. The number of thiazole rings is 1. The summed E-state index contributed by atoms with van der Waals surface area (Å²) in [6.07, 6.45) is 1.76. The van der Waals surface area contributed by atoms with Crippen molar-refractivity contribution in [2.24, 2.45) is 0 Å². The van der Waals surface area contributed by atoms with E-state index in [0.717, 1.165) is 18.4 Å². The van der Waals surface area contributed by atoms with E-state index in [2.05, 4.69) is 4.98 Å². The zero-order chi connectivity index (χ0) is 19.0. The lowest BCUT2D eigenvalue weighted by Crippen LogP contribution is -2.33. The molecule has 0 radical (unpaired) electrons. The van der Waals surface area contributed by atoms with Crippen molar-refractivity contribution >= 4 is 28.8 Å². The molecule has 138 valence electrons. The molecule has 0 bridgehead atoms. The van der Waals surface area contributed by atoms with Crippen LogP contribution in [0, 0.1) is 11.6 Å². The normalized spacial score (nSPS) is 13.6. The highest BCUT2D eigenvalue weighted by atomic mass is 35.5. The monoisotopic (exact) mass is 404 g/mol. The molecule has 1 aliphatic rings. The van der Waals surface area contributed by atoms with Gasteiger partial charge in [0.1, 0.15) is 22.3 Å². The smallest absolute Gasteiger partial charge is 0.273 e. The van der Waals surface area contributed by atoms with Crippen LogP contribution in [0.3, 0.4) is 0 Å². The van der Waals surface area contributed by atoms with Gasteiger partial charge in [-0.25, -0.2) is 13.8 Å². The van der Waals surface area contributed by atoms with Gasteiger partial charge in [-0.3, -0.25) is 4.79 Å². The van der Waals surface area contributed by atoms with Gasteiger partial charge in [0.25, 0.3) is 5.91 Å². The quantitative estimate of drug-likeness (QED) is 0.558. The summed E-state index contributed by atoms with van der Waals surface area (Å²) in [6.45, 7) is 0.110. The van der Waals surface area contributed by atoms with Crippen LogP contribution in [0.2, 0.25) is 5.02 Å². The molecule has 1 saturated carbocycles. The van der Waals surface area contributed by atoms with E-state index in [4.69, 9.17) is 11.6 Å². The number of nitrogens with zero attached hydrogens (tertiary/aromatic N) is 2. The zero-order valence-electron chi connectivity index (χ0n) is 14.2. The summed E-state index contributed by atoms with van der Waals surface area (Å²) in [6, 6.07) is 10.5. The largest absolute Gasteiger partial charge is 0.330 e. The molecule has 0 atom stereocenters. The topological polar surface area (TPSA) is 33.2 Å². The Morgan fingerprint density at radius 2 is 1.93 bits per heavy atom. The Bertz CT molecular complexity index is 966. The average molecular weight is 405 g/mol. The number of hydrogen-bond acceptors (Lipinski definition) is 3. The van der Waals surface area contributed by atoms with Crippen molar-refractivity contribution in [2.45, 2.75) is 25.4 Å². The minimum atomic E-state index is -0.425. The van der Waals surface area contributed by atoms with Gasteiger partial charge in [-0.05, 0) is 49.2 Å². The van der Waals surface area contributed by atoms with E-state index in [1.54, 1.807) is 34.5 Å². The number of hydrogen-bond donors (Lipinski definition) is 0. The lowest BCUT2D eigenvalue weighted by atomic mass is 10.2. The molecule has 27 heavy (non-hydrogen) atoms. The number of aromatic nitrogens is 1. The van der Waals surface area contributed by atoms with E-state index >= 15 is 0 Å². The molecule has 7 heteroatoms. The van der Waals surface area contributed by atoms with Crippen LogP contribution in [0.15, 0.2) is 47.8 Å². The number of halogens is 3. The highest BCUT2D eigenvalue weighted by Crippen LogP contribution is 2.33. The Labute approximate surface area is 164 Å². The van der Waals surface area contributed by atoms with Gasteiger partial charge in [-0.1, -0.05) is 17.7 Å². The van der Waals surface area contributed by atoms with Crippen LogP contribution < -0.4 is 0 Å². The predicted molar refractivity (Wildman–Crippen MR) is 102 cm³/mol. The molecule has 1 heterocycles. The maximum Gasteiger partial charge on any atom is 0.273 e. The predicted octanol–water partition coefficient (Wildman–Crippen LogP) is 5.55. The number of carbonyl (C=O) groups excluding carboxylic acids is 1. The summed E-state index contributed by atoms with van der Waals surface area (Å²) in [5.41, 5.74) is 1.36. The van der Waals surface area contributed by atoms with Crippen LogP contribution in [0.1, 0.15) is 28.9 Å². The summed E-state index contributed by atoms with van der Waals surface area (Å²) < 4.78 is 27.2. The van der Waals surface area contributed by atoms with E-state index in [1.807, 2.05) is 0 Å². The van der Waals surface area contributed by atoms with Crippen molar-refractivity contribution in [3.63, 3.8) is 0 Å².